The molecule has 6 heteroatoms. The van der Waals surface area contributed by atoms with E-state index in [1.165, 1.54) is 0 Å². The van der Waals surface area contributed by atoms with Gasteiger partial charge < -0.3 is 20.1 Å². The summed E-state index contributed by atoms with van der Waals surface area (Å²) in [6.45, 7) is 2.72. The summed E-state index contributed by atoms with van der Waals surface area (Å²) in [6, 6.07) is 9.92. The van der Waals surface area contributed by atoms with Crippen LogP contribution in [0.2, 0.25) is 0 Å². The first-order chi connectivity index (χ1) is 10.3. The zero-order valence-corrected chi connectivity index (χ0v) is 13.3. The Morgan fingerprint density at radius 1 is 1.23 bits per heavy atom. The minimum absolute atomic E-state index is 0. The maximum absolute atomic E-state index is 12.4. The summed E-state index contributed by atoms with van der Waals surface area (Å²) in [5.74, 6) is -0.0634. The zero-order valence-electron chi connectivity index (χ0n) is 12.5. The fraction of sp³-hybridized carbons (Fsp3) is 0.562. The van der Waals surface area contributed by atoms with Gasteiger partial charge in [-0.2, -0.15) is 0 Å². The van der Waals surface area contributed by atoms with Gasteiger partial charge in [-0.05, 0) is 18.4 Å². The van der Waals surface area contributed by atoms with Crippen LogP contribution in [0.25, 0.3) is 0 Å². The largest absolute Gasteiger partial charge is 0.376 e. The Morgan fingerprint density at radius 2 is 2.05 bits per heavy atom. The number of benzene rings is 1. The molecule has 122 valence electrons. The van der Waals surface area contributed by atoms with Gasteiger partial charge in [0, 0.05) is 19.7 Å². The van der Waals surface area contributed by atoms with E-state index in [1.807, 2.05) is 30.3 Å². The zero-order chi connectivity index (χ0) is 14.5. The molecule has 22 heavy (non-hydrogen) atoms. The Morgan fingerprint density at radius 3 is 2.68 bits per heavy atom. The average molecular weight is 327 g/mol. The lowest BCUT2D eigenvalue weighted by Crippen LogP contribution is -2.50. The second-order valence-corrected chi connectivity index (χ2v) is 5.51. The quantitative estimate of drug-likeness (QED) is 0.879. The molecule has 2 saturated heterocycles. The number of amides is 1. The molecule has 1 aromatic carbocycles. The van der Waals surface area contributed by atoms with Crippen LogP contribution in [0.15, 0.2) is 30.3 Å². The summed E-state index contributed by atoms with van der Waals surface area (Å²) in [4.78, 5) is 12.4. The highest BCUT2D eigenvalue weighted by atomic mass is 35.5. The summed E-state index contributed by atoms with van der Waals surface area (Å²) in [7, 11) is 0. The van der Waals surface area contributed by atoms with Crippen LogP contribution in [0.4, 0.5) is 0 Å². The number of hydrogen-bond donors (Lipinski definition) is 2. The van der Waals surface area contributed by atoms with Crippen LogP contribution < -0.4 is 10.6 Å². The highest BCUT2D eigenvalue weighted by Gasteiger charge is 2.31. The van der Waals surface area contributed by atoms with Gasteiger partial charge in [-0.25, -0.2) is 0 Å². The van der Waals surface area contributed by atoms with Crippen LogP contribution in [0.3, 0.4) is 0 Å². The monoisotopic (exact) mass is 326 g/mol. The lowest BCUT2D eigenvalue weighted by atomic mass is 9.99. The fourth-order valence-corrected chi connectivity index (χ4v) is 2.90. The SMILES string of the molecule is Cl.O=C(NC(c1ccccc1)C1CCCO1)C1CNCCO1. The van der Waals surface area contributed by atoms with Gasteiger partial charge in [0.2, 0.25) is 0 Å². The number of carbonyl (C=O) groups is 1. The molecule has 5 nitrogen and oxygen atoms in total. The van der Waals surface area contributed by atoms with E-state index >= 15 is 0 Å². The Bertz CT molecular complexity index is 460. The summed E-state index contributed by atoms with van der Waals surface area (Å²) >= 11 is 0. The van der Waals surface area contributed by atoms with Crippen LogP contribution in [0.5, 0.6) is 0 Å². The normalized spacial score (nSPS) is 26.0. The molecule has 2 aliphatic heterocycles. The maximum atomic E-state index is 12.4. The van der Waals surface area contributed by atoms with Gasteiger partial charge in [-0.15, -0.1) is 12.4 Å². The highest BCUT2D eigenvalue weighted by molar-refractivity contribution is 5.85. The minimum atomic E-state index is -0.411. The van der Waals surface area contributed by atoms with E-state index in [-0.39, 0.29) is 30.5 Å². The molecule has 3 unspecified atom stereocenters. The third-order valence-electron chi connectivity index (χ3n) is 4.01. The number of rotatable bonds is 4. The fourth-order valence-electron chi connectivity index (χ4n) is 2.90. The van der Waals surface area contributed by atoms with Crippen molar-refractivity contribution in [1.82, 2.24) is 10.6 Å². The lowest BCUT2D eigenvalue weighted by Gasteiger charge is -2.28. The number of nitrogens with one attached hydrogen (secondary N) is 2. The first kappa shape index (κ1) is 17.2. The first-order valence-electron chi connectivity index (χ1n) is 7.64. The standard InChI is InChI=1S/C16H22N2O3.ClH/c19-16(14-11-17-8-10-21-14)18-15(13-7-4-9-20-13)12-5-2-1-3-6-12;/h1-3,5-6,13-15,17H,4,7-11H2,(H,18,19);1H. The predicted molar refractivity (Wildman–Crippen MR) is 86.2 cm³/mol. The van der Waals surface area contributed by atoms with E-state index in [2.05, 4.69) is 10.6 Å². The number of hydrogen-bond acceptors (Lipinski definition) is 4. The van der Waals surface area contributed by atoms with Gasteiger partial charge in [-0.3, -0.25) is 4.79 Å². The van der Waals surface area contributed by atoms with E-state index in [1.54, 1.807) is 0 Å². The molecule has 3 atom stereocenters. The van der Waals surface area contributed by atoms with Gasteiger partial charge >= 0.3 is 0 Å². The van der Waals surface area contributed by atoms with Crippen molar-refractivity contribution >= 4 is 18.3 Å². The Labute approximate surface area is 137 Å². The van der Waals surface area contributed by atoms with Crippen molar-refractivity contribution in [2.75, 3.05) is 26.3 Å². The summed E-state index contributed by atoms with van der Waals surface area (Å²) in [5, 5.41) is 6.30. The molecule has 3 rings (SSSR count). The Hall–Kier alpha value is -1.14. The molecule has 2 heterocycles. The Balaban J connectivity index is 0.00000176. The average Bonchev–Trinajstić information content (AvgIpc) is 3.08. The van der Waals surface area contributed by atoms with Crippen LogP contribution in [0, 0.1) is 0 Å². The van der Waals surface area contributed by atoms with E-state index in [4.69, 9.17) is 9.47 Å². The second-order valence-electron chi connectivity index (χ2n) is 5.51. The smallest absolute Gasteiger partial charge is 0.251 e. The van der Waals surface area contributed by atoms with E-state index in [0.29, 0.717) is 13.2 Å². The molecule has 0 radical (unpaired) electrons. The van der Waals surface area contributed by atoms with Gasteiger partial charge in [0.15, 0.2) is 0 Å². The van der Waals surface area contributed by atoms with Gasteiger partial charge in [0.1, 0.15) is 6.10 Å². The molecule has 2 aliphatic rings. The lowest BCUT2D eigenvalue weighted by molar-refractivity contribution is -0.136. The molecule has 1 amide bonds. The number of halogens is 1. The molecular formula is C16H23ClN2O3. The molecule has 0 saturated carbocycles. The van der Waals surface area contributed by atoms with Crippen molar-refractivity contribution in [2.45, 2.75) is 31.1 Å². The van der Waals surface area contributed by atoms with Gasteiger partial charge in [-0.1, -0.05) is 30.3 Å². The van der Waals surface area contributed by atoms with E-state index < -0.39 is 6.10 Å². The van der Waals surface area contributed by atoms with Crippen molar-refractivity contribution in [3.05, 3.63) is 35.9 Å². The molecule has 0 spiro atoms. The van der Waals surface area contributed by atoms with Crippen LogP contribution in [-0.4, -0.2) is 44.4 Å². The third kappa shape index (κ3) is 4.20. The minimum Gasteiger partial charge on any atom is -0.376 e. The van der Waals surface area contributed by atoms with Crippen molar-refractivity contribution in [2.24, 2.45) is 0 Å². The second kappa shape index (κ2) is 8.48. The predicted octanol–water partition coefficient (Wildman–Crippen LogP) is 1.43. The summed E-state index contributed by atoms with van der Waals surface area (Å²) in [5.41, 5.74) is 1.08. The van der Waals surface area contributed by atoms with Crippen molar-refractivity contribution < 1.29 is 14.3 Å². The molecule has 0 aliphatic carbocycles. The molecule has 0 bridgehead atoms. The first-order valence-corrected chi connectivity index (χ1v) is 7.64. The van der Waals surface area contributed by atoms with Crippen molar-refractivity contribution in [1.29, 1.82) is 0 Å². The summed E-state index contributed by atoms with van der Waals surface area (Å²) < 4.78 is 11.3. The molecule has 2 fully saturated rings. The number of morpholine rings is 1. The van der Waals surface area contributed by atoms with Gasteiger partial charge in [0.25, 0.3) is 5.91 Å². The molecule has 1 aromatic rings. The Kier molecular flexibility index (Phi) is 6.64. The van der Waals surface area contributed by atoms with Crippen LogP contribution >= 0.6 is 12.4 Å². The third-order valence-corrected chi connectivity index (χ3v) is 4.01. The van der Waals surface area contributed by atoms with Crippen molar-refractivity contribution in [3.63, 3.8) is 0 Å². The summed E-state index contributed by atoms with van der Waals surface area (Å²) in [6.07, 6.45) is 1.66. The topological polar surface area (TPSA) is 59.6 Å². The molecule has 2 N–H and O–H groups in total. The molecule has 0 aromatic heterocycles. The number of carbonyl (C=O) groups excluding carboxylic acids is 1. The van der Waals surface area contributed by atoms with Crippen LogP contribution in [0.1, 0.15) is 24.4 Å². The van der Waals surface area contributed by atoms with Crippen molar-refractivity contribution in [3.8, 4) is 0 Å². The maximum Gasteiger partial charge on any atom is 0.251 e. The van der Waals surface area contributed by atoms with Gasteiger partial charge in [0.05, 0.1) is 18.8 Å². The highest BCUT2D eigenvalue weighted by Crippen LogP contribution is 2.27. The van der Waals surface area contributed by atoms with Crippen LogP contribution in [-0.2, 0) is 14.3 Å². The molecular weight excluding hydrogens is 304 g/mol. The van der Waals surface area contributed by atoms with E-state index in [9.17, 15) is 4.79 Å². The van der Waals surface area contributed by atoms with E-state index in [0.717, 1.165) is 31.6 Å². The number of ether oxygens (including phenoxy) is 2.